The quantitative estimate of drug-likeness (QED) is 0.188. The van der Waals surface area contributed by atoms with Gasteiger partial charge in [0.15, 0.2) is 0 Å². The van der Waals surface area contributed by atoms with Crippen molar-refractivity contribution in [1.82, 2.24) is 0 Å². The fraction of sp³-hybridized carbons (Fsp3) is 0. The van der Waals surface area contributed by atoms with Gasteiger partial charge in [0.1, 0.15) is 34.2 Å². The normalized spacial score (nSPS) is 13.3. The van der Waals surface area contributed by atoms with Gasteiger partial charge in [0.25, 0.3) is 6.71 Å². The number of hydrogen-bond acceptors (Lipinski definition) is 3. The maximum absolute atomic E-state index is 6.72. The fourth-order valence-electron chi connectivity index (χ4n) is 7.98. The van der Waals surface area contributed by atoms with Crippen LogP contribution in [0, 0.1) is 0 Å². The molecule has 0 unspecified atom stereocenters. The average molecular weight is 560 g/mol. The van der Waals surface area contributed by atoms with Crippen LogP contribution >= 0.6 is 0 Å². The van der Waals surface area contributed by atoms with Crippen LogP contribution < -0.4 is 25.9 Å². The molecular formula is C40H21BO3. The summed E-state index contributed by atoms with van der Waals surface area (Å²) in [5, 5.41) is 4.75. The van der Waals surface area contributed by atoms with Crippen LogP contribution in [0.1, 0.15) is 0 Å². The second-order valence-corrected chi connectivity index (χ2v) is 12.0. The van der Waals surface area contributed by atoms with E-state index in [9.17, 15) is 0 Å². The van der Waals surface area contributed by atoms with Crippen molar-refractivity contribution in [3.05, 3.63) is 127 Å². The van der Waals surface area contributed by atoms with Gasteiger partial charge in [-0.05, 0) is 85.9 Å². The van der Waals surface area contributed by atoms with Gasteiger partial charge in [0.2, 0.25) is 0 Å². The van der Waals surface area contributed by atoms with Gasteiger partial charge in [-0.2, -0.15) is 0 Å². The lowest BCUT2D eigenvalue weighted by molar-refractivity contribution is 0.465. The van der Waals surface area contributed by atoms with E-state index < -0.39 is 0 Å². The minimum atomic E-state index is 0.0400. The summed E-state index contributed by atoms with van der Waals surface area (Å²) in [6, 6.07) is 45.0. The molecule has 0 saturated carbocycles. The lowest BCUT2D eigenvalue weighted by Gasteiger charge is -2.33. The molecule has 44 heavy (non-hydrogen) atoms. The van der Waals surface area contributed by atoms with Crippen molar-refractivity contribution < 1.29 is 13.9 Å². The van der Waals surface area contributed by atoms with Gasteiger partial charge in [-0.1, -0.05) is 91.0 Å². The molecule has 0 spiro atoms. The van der Waals surface area contributed by atoms with Crippen molar-refractivity contribution in [3.63, 3.8) is 0 Å². The van der Waals surface area contributed by atoms with E-state index in [2.05, 4.69) is 109 Å². The Balaban J connectivity index is 1.28. The van der Waals surface area contributed by atoms with Gasteiger partial charge in [0.05, 0.1) is 0 Å². The standard InChI is InChI=1S/C40H21BO3/c1-4-16-30-25(11-1)39-33(42-30)21-27-24-12-7-9-22-10-8-13-26(36(22)24)38(27)37(39)23-19-34-40-35(20-23)44-32-18-6-3-15-29(32)41(40)28-14-2-5-17-31(28)43-34/h1-21H. The van der Waals surface area contributed by atoms with E-state index in [1.807, 2.05) is 18.2 Å². The first-order chi connectivity index (χ1) is 21.8. The van der Waals surface area contributed by atoms with Gasteiger partial charge in [-0.25, -0.2) is 0 Å². The summed E-state index contributed by atoms with van der Waals surface area (Å²) in [7, 11) is 0. The van der Waals surface area contributed by atoms with Gasteiger partial charge in [-0.15, -0.1) is 0 Å². The second-order valence-electron chi connectivity index (χ2n) is 12.0. The average Bonchev–Trinajstić information content (AvgIpc) is 3.60. The number of hydrogen-bond donors (Lipinski definition) is 0. The molecule has 0 radical (unpaired) electrons. The summed E-state index contributed by atoms with van der Waals surface area (Å²) in [4.78, 5) is 0. The number of rotatable bonds is 1. The number of furan rings is 1. The van der Waals surface area contributed by atoms with Crippen LogP contribution in [-0.2, 0) is 0 Å². The first-order valence-electron chi connectivity index (χ1n) is 15.0. The molecule has 8 aromatic rings. The van der Waals surface area contributed by atoms with Crippen LogP contribution in [0.25, 0.3) is 66.1 Å². The zero-order valence-corrected chi connectivity index (χ0v) is 23.4. The third kappa shape index (κ3) is 2.78. The summed E-state index contributed by atoms with van der Waals surface area (Å²) < 4.78 is 20.0. The molecule has 1 aromatic heterocycles. The number of benzene rings is 7. The predicted octanol–water partition coefficient (Wildman–Crippen LogP) is 8.78. The number of ether oxygens (including phenoxy) is 2. The molecular weight excluding hydrogens is 539 g/mol. The topological polar surface area (TPSA) is 31.6 Å². The highest BCUT2D eigenvalue weighted by Gasteiger charge is 2.40. The first kappa shape index (κ1) is 22.8. The largest absolute Gasteiger partial charge is 0.458 e. The molecule has 4 heteroatoms. The van der Waals surface area contributed by atoms with Gasteiger partial charge < -0.3 is 13.9 Å². The fourth-order valence-corrected chi connectivity index (χ4v) is 7.98. The van der Waals surface area contributed by atoms with Crippen molar-refractivity contribution in [1.29, 1.82) is 0 Å². The minimum Gasteiger partial charge on any atom is -0.458 e. The van der Waals surface area contributed by atoms with E-state index in [-0.39, 0.29) is 6.71 Å². The maximum atomic E-state index is 6.72. The molecule has 202 valence electrons. The SMILES string of the molecule is c1ccc2c(c1)Oc1cc(-c3c4c(cc5oc6ccccc6c35)-c3cccc5cccc-4c35)cc3c1B2c1ccccc1O3. The molecule has 0 amide bonds. The highest BCUT2D eigenvalue weighted by Crippen LogP contribution is 2.55. The van der Waals surface area contributed by atoms with Crippen LogP contribution in [0.15, 0.2) is 132 Å². The molecule has 3 nitrogen and oxygen atoms in total. The number of para-hydroxylation sites is 3. The Bertz CT molecular complexity index is 2500. The minimum absolute atomic E-state index is 0.0400. The van der Waals surface area contributed by atoms with Crippen molar-refractivity contribution >= 4 is 55.8 Å². The van der Waals surface area contributed by atoms with E-state index in [1.165, 1.54) is 33.0 Å². The third-order valence-corrected chi connectivity index (χ3v) is 9.71. The van der Waals surface area contributed by atoms with Crippen LogP contribution in [0.3, 0.4) is 0 Å². The van der Waals surface area contributed by atoms with Gasteiger partial charge in [-0.3, -0.25) is 0 Å². The van der Waals surface area contributed by atoms with Crippen LogP contribution in [-0.4, -0.2) is 6.71 Å². The second kappa shape index (κ2) is 8.00. The highest BCUT2D eigenvalue weighted by atomic mass is 16.5. The molecule has 2 aliphatic heterocycles. The van der Waals surface area contributed by atoms with Gasteiger partial charge in [0, 0.05) is 21.8 Å². The van der Waals surface area contributed by atoms with E-state index in [4.69, 9.17) is 13.9 Å². The first-order valence-corrected chi connectivity index (χ1v) is 15.0. The molecule has 0 fully saturated rings. The summed E-state index contributed by atoms with van der Waals surface area (Å²) >= 11 is 0. The molecule has 11 rings (SSSR count). The molecule has 0 N–H and O–H groups in total. The van der Waals surface area contributed by atoms with Crippen molar-refractivity contribution in [2.45, 2.75) is 0 Å². The Hall–Kier alpha value is -5.74. The van der Waals surface area contributed by atoms with E-state index >= 15 is 0 Å². The molecule has 1 aliphatic carbocycles. The molecule has 0 saturated heterocycles. The molecule has 0 atom stereocenters. The Labute approximate surface area is 253 Å². The van der Waals surface area contributed by atoms with Crippen molar-refractivity contribution in [2.75, 3.05) is 0 Å². The zero-order valence-electron chi connectivity index (χ0n) is 23.4. The Morgan fingerprint density at radius 2 is 1.11 bits per heavy atom. The summed E-state index contributed by atoms with van der Waals surface area (Å²) in [6.07, 6.45) is 0. The maximum Gasteiger partial charge on any atom is 0.260 e. The van der Waals surface area contributed by atoms with Crippen LogP contribution in [0.4, 0.5) is 0 Å². The number of fused-ring (bicyclic) bond motifs is 10. The van der Waals surface area contributed by atoms with E-state index in [1.54, 1.807) is 0 Å². The van der Waals surface area contributed by atoms with Crippen LogP contribution in [0.5, 0.6) is 23.0 Å². The molecule has 0 bridgehead atoms. The Kier molecular flexibility index (Phi) is 4.15. The Morgan fingerprint density at radius 1 is 0.455 bits per heavy atom. The van der Waals surface area contributed by atoms with Crippen LogP contribution in [0.2, 0.25) is 0 Å². The smallest absolute Gasteiger partial charge is 0.260 e. The lowest BCUT2D eigenvalue weighted by atomic mass is 9.35. The molecule has 7 aromatic carbocycles. The highest BCUT2D eigenvalue weighted by molar-refractivity contribution is 6.98. The Morgan fingerprint density at radius 3 is 1.86 bits per heavy atom. The summed E-state index contributed by atoms with van der Waals surface area (Å²) in [5.41, 5.74) is 12.3. The summed E-state index contributed by atoms with van der Waals surface area (Å²) in [5.74, 6) is 3.45. The van der Waals surface area contributed by atoms with Crippen molar-refractivity contribution in [2.24, 2.45) is 0 Å². The van der Waals surface area contributed by atoms with E-state index in [0.717, 1.165) is 72.5 Å². The molecule has 3 aliphatic rings. The molecule has 3 heterocycles. The third-order valence-electron chi connectivity index (χ3n) is 9.71. The van der Waals surface area contributed by atoms with Gasteiger partial charge >= 0.3 is 0 Å². The predicted molar refractivity (Wildman–Crippen MR) is 179 cm³/mol. The zero-order chi connectivity index (χ0) is 28.5. The summed E-state index contributed by atoms with van der Waals surface area (Å²) in [6.45, 7) is 0.0400. The van der Waals surface area contributed by atoms with Crippen molar-refractivity contribution in [3.8, 4) is 56.4 Å². The monoisotopic (exact) mass is 560 g/mol. The van der Waals surface area contributed by atoms with E-state index in [0.29, 0.717) is 0 Å². The lowest BCUT2D eigenvalue weighted by Crippen LogP contribution is -2.57.